The van der Waals surface area contributed by atoms with E-state index in [0.29, 0.717) is 17.6 Å². The Kier molecular flexibility index (Phi) is 6.03. The fourth-order valence-corrected chi connectivity index (χ4v) is 2.86. The molecule has 0 radical (unpaired) electrons. The summed E-state index contributed by atoms with van der Waals surface area (Å²) >= 11 is 5.96. The van der Waals surface area contributed by atoms with Crippen LogP contribution in [0.25, 0.3) is 0 Å². The van der Waals surface area contributed by atoms with Gasteiger partial charge in [-0.15, -0.1) is 0 Å². The summed E-state index contributed by atoms with van der Waals surface area (Å²) in [6.07, 6.45) is 3.73. The lowest BCUT2D eigenvalue weighted by atomic mass is 10.0. The standard InChI is InChI=1S/C16H24ClN3O/c1-12-6-7-13(17)9-15(12)19-16(21)11-20(2)10-14-5-3-4-8-18-14/h6-7,9,14,18H,3-5,8,10-11H2,1-2H3,(H,19,21). The highest BCUT2D eigenvalue weighted by Crippen LogP contribution is 2.20. The van der Waals surface area contributed by atoms with Crippen molar-refractivity contribution < 1.29 is 4.79 Å². The fraction of sp³-hybridized carbons (Fsp3) is 0.562. The molecule has 1 atom stereocenters. The number of halogens is 1. The molecule has 1 aliphatic heterocycles. The summed E-state index contributed by atoms with van der Waals surface area (Å²) in [5.41, 5.74) is 1.81. The van der Waals surface area contributed by atoms with E-state index < -0.39 is 0 Å². The minimum Gasteiger partial charge on any atom is -0.325 e. The highest BCUT2D eigenvalue weighted by Gasteiger charge is 2.16. The number of amides is 1. The second kappa shape index (κ2) is 7.78. The summed E-state index contributed by atoms with van der Waals surface area (Å²) in [6.45, 7) is 4.35. The summed E-state index contributed by atoms with van der Waals surface area (Å²) < 4.78 is 0. The van der Waals surface area contributed by atoms with Gasteiger partial charge in [0.2, 0.25) is 5.91 Å². The molecule has 0 spiro atoms. The lowest BCUT2D eigenvalue weighted by molar-refractivity contribution is -0.117. The maximum Gasteiger partial charge on any atom is 0.238 e. The van der Waals surface area contributed by atoms with Crippen LogP contribution >= 0.6 is 11.6 Å². The number of hydrogen-bond acceptors (Lipinski definition) is 3. The molecule has 1 amide bonds. The van der Waals surface area contributed by atoms with Gasteiger partial charge in [-0.25, -0.2) is 0 Å². The van der Waals surface area contributed by atoms with E-state index in [9.17, 15) is 4.79 Å². The van der Waals surface area contributed by atoms with Crippen LogP contribution in [0.15, 0.2) is 18.2 Å². The van der Waals surface area contributed by atoms with Crippen LogP contribution < -0.4 is 10.6 Å². The number of likely N-dealkylation sites (N-methyl/N-ethyl adjacent to an activating group) is 1. The molecule has 0 saturated carbocycles. The normalized spacial score (nSPS) is 18.8. The first-order valence-electron chi connectivity index (χ1n) is 7.52. The van der Waals surface area contributed by atoms with Gasteiger partial charge in [0.1, 0.15) is 0 Å². The maximum atomic E-state index is 12.1. The van der Waals surface area contributed by atoms with Gasteiger partial charge < -0.3 is 10.6 Å². The van der Waals surface area contributed by atoms with Crippen molar-refractivity contribution in [2.45, 2.75) is 32.2 Å². The fourth-order valence-electron chi connectivity index (χ4n) is 2.68. The van der Waals surface area contributed by atoms with E-state index in [1.165, 1.54) is 19.3 Å². The molecule has 1 unspecified atom stereocenters. The summed E-state index contributed by atoms with van der Waals surface area (Å²) in [5.74, 6) is -0.00123. The number of benzene rings is 1. The minimum atomic E-state index is -0.00123. The number of piperidine rings is 1. The summed E-state index contributed by atoms with van der Waals surface area (Å²) in [5, 5.41) is 7.07. The first kappa shape index (κ1) is 16.3. The quantitative estimate of drug-likeness (QED) is 0.879. The molecule has 1 saturated heterocycles. The number of rotatable bonds is 5. The molecule has 5 heteroatoms. The van der Waals surface area contributed by atoms with E-state index in [4.69, 9.17) is 11.6 Å². The second-order valence-electron chi connectivity index (χ2n) is 5.85. The molecule has 4 nitrogen and oxygen atoms in total. The van der Waals surface area contributed by atoms with Crippen molar-refractivity contribution in [1.29, 1.82) is 0 Å². The third-order valence-electron chi connectivity index (χ3n) is 3.83. The van der Waals surface area contributed by atoms with Crippen LogP contribution in [0.3, 0.4) is 0 Å². The molecule has 116 valence electrons. The number of carbonyl (C=O) groups excluding carboxylic acids is 1. The molecule has 1 heterocycles. The number of nitrogens with zero attached hydrogens (tertiary/aromatic N) is 1. The van der Waals surface area contributed by atoms with E-state index in [0.717, 1.165) is 24.3 Å². The maximum absolute atomic E-state index is 12.1. The lowest BCUT2D eigenvalue weighted by Gasteiger charge is -2.27. The second-order valence-corrected chi connectivity index (χ2v) is 6.29. The van der Waals surface area contributed by atoms with E-state index in [2.05, 4.69) is 15.5 Å². The Hall–Kier alpha value is -1.10. The van der Waals surface area contributed by atoms with Crippen molar-refractivity contribution >= 4 is 23.2 Å². The van der Waals surface area contributed by atoms with Crippen LogP contribution in [0.1, 0.15) is 24.8 Å². The topological polar surface area (TPSA) is 44.4 Å². The van der Waals surface area contributed by atoms with Gasteiger partial charge in [-0.3, -0.25) is 9.69 Å². The van der Waals surface area contributed by atoms with Gasteiger partial charge in [0.25, 0.3) is 0 Å². The van der Waals surface area contributed by atoms with Crippen LogP contribution in [0.2, 0.25) is 5.02 Å². The summed E-state index contributed by atoms with van der Waals surface area (Å²) in [4.78, 5) is 14.2. The van der Waals surface area contributed by atoms with Crippen molar-refractivity contribution in [2.75, 3.05) is 32.0 Å². The number of carbonyl (C=O) groups is 1. The highest BCUT2D eigenvalue weighted by molar-refractivity contribution is 6.31. The Morgan fingerprint density at radius 1 is 1.48 bits per heavy atom. The molecule has 21 heavy (non-hydrogen) atoms. The third-order valence-corrected chi connectivity index (χ3v) is 4.07. The van der Waals surface area contributed by atoms with Crippen LogP contribution in [0.4, 0.5) is 5.69 Å². The molecule has 0 aliphatic carbocycles. The smallest absolute Gasteiger partial charge is 0.238 e. The zero-order chi connectivity index (χ0) is 15.2. The van der Waals surface area contributed by atoms with Crippen molar-refractivity contribution in [1.82, 2.24) is 10.2 Å². The molecule has 2 rings (SSSR count). The van der Waals surface area contributed by atoms with Gasteiger partial charge in [0, 0.05) is 23.3 Å². The third kappa shape index (κ3) is 5.30. The zero-order valence-electron chi connectivity index (χ0n) is 12.8. The average Bonchev–Trinajstić information content (AvgIpc) is 2.43. The Morgan fingerprint density at radius 2 is 2.29 bits per heavy atom. The van der Waals surface area contributed by atoms with E-state index in [1.54, 1.807) is 6.07 Å². The van der Waals surface area contributed by atoms with Gasteiger partial charge >= 0.3 is 0 Å². The van der Waals surface area contributed by atoms with E-state index >= 15 is 0 Å². The lowest BCUT2D eigenvalue weighted by Crippen LogP contribution is -2.44. The molecular weight excluding hydrogens is 286 g/mol. The van der Waals surface area contributed by atoms with Gasteiger partial charge in [0.15, 0.2) is 0 Å². The number of hydrogen-bond donors (Lipinski definition) is 2. The molecule has 0 bridgehead atoms. The molecule has 0 aromatic heterocycles. The first-order chi connectivity index (χ1) is 10.0. The number of anilines is 1. The van der Waals surface area contributed by atoms with Gasteiger partial charge in [0.05, 0.1) is 6.54 Å². The Morgan fingerprint density at radius 3 is 3.00 bits per heavy atom. The molecule has 1 aromatic carbocycles. The first-order valence-corrected chi connectivity index (χ1v) is 7.90. The average molecular weight is 310 g/mol. The number of aryl methyl sites for hydroxylation is 1. The van der Waals surface area contributed by atoms with E-state index in [-0.39, 0.29) is 5.91 Å². The largest absolute Gasteiger partial charge is 0.325 e. The zero-order valence-corrected chi connectivity index (χ0v) is 13.5. The predicted molar refractivity (Wildman–Crippen MR) is 88.0 cm³/mol. The van der Waals surface area contributed by atoms with Gasteiger partial charge in [-0.1, -0.05) is 24.1 Å². The summed E-state index contributed by atoms with van der Waals surface area (Å²) in [7, 11) is 1.99. The Labute approximate surface area is 131 Å². The van der Waals surface area contributed by atoms with Crippen LogP contribution in [-0.4, -0.2) is 43.5 Å². The predicted octanol–water partition coefficient (Wildman–Crippen LogP) is 2.66. The van der Waals surface area contributed by atoms with Crippen LogP contribution in [0.5, 0.6) is 0 Å². The van der Waals surface area contributed by atoms with Gasteiger partial charge in [-0.2, -0.15) is 0 Å². The molecule has 1 aromatic rings. The van der Waals surface area contributed by atoms with Crippen molar-refractivity contribution in [3.8, 4) is 0 Å². The Balaban J connectivity index is 1.81. The summed E-state index contributed by atoms with van der Waals surface area (Å²) in [6, 6.07) is 6.03. The molecule has 1 fully saturated rings. The SMILES string of the molecule is Cc1ccc(Cl)cc1NC(=O)CN(C)CC1CCCCN1. The minimum absolute atomic E-state index is 0.00123. The molecular formula is C16H24ClN3O. The molecule has 2 N–H and O–H groups in total. The van der Waals surface area contributed by atoms with Crippen molar-refractivity contribution in [2.24, 2.45) is 0 Å². The van der Waals surface area contributed by atoms with Crippen LogP contribution in [0, 0.1) is 6.92 Å². The monoisotopic (exact) mass is 309 g/mol. The van der Waals surface area contributed by atoms with Crippen LogP contribution in [-0.2, 0) is 4.79 Å². The van der Waals surface area contributed by atoms with Crippen molar-refractivity contribution in [3.05, 3.63) is 28.8 Å². The number of nitrogens with one attached hydrogen (secondary N) is 2. The van der Waals surface area contributed by atoms with Crippen molar-refractivity contribution in [3.63, 3.8) is 0 Å². The molecule has 1 aliphatic rings. The Bertz CT molecular complexity index is 486. The van der Waals surface area contributed by atoms with E-state index in [1.807, 2.05) is 26.1 Å². The van der Waals surface area contributed by atoms with Gasteiger partial charge in [-0.05, 0) is 51.1 Å². The highest BCUT2D eigenvalue weighted by atomic mass is 35.5.